The standard InChI is InChI=1S/C31H44N4O5S/c1-22(2)20-30(31(37)33-24-6-10-27(36)11-7-24)32-25-16-18-35(19-17-25)21-23-4-12-28(13-5-23)40-29-14-8-26(9-15-29)34-41(3,38)39/h4-5,8-9,12-15,20,24-25,27,30,32,34,36H,6-7,10-11,16-19,21H2,1-3H3,(H,33,37). The Bertz CT molecular complexity index is 1260. The molecule has 0 radical (unpaired) electrons. The van der Waals surface area contributed by atoms with Crippen molar-refractivity contribution in [3.05, 3.63) is 65.7 Å². The first-order valence-electron chi connectivity index (χ1n) is 14.5. The van der Waals surface area contributed by atoms with Crippen LogP contribution < -0.4 is 20.1 Å². The number of allylic oxidation sites excluding steroid dienone is 1. The molecule has 1 atom stereocenters. The molecule has 1 saturated carbocycles. The Labute approximate surface area is 244 Å². The van der Waals surface area contributed by atoms with Gasteiger partial charge in [-0.15, -0.1) is 0 Å². The number of piperidine rings is 1. The maximum Gasteiger partial charge on any atom is 0.241 e. The Morgan fingerprint density at radius 3 is 2.10 bits per heavy atom. The largest absolute Gasteiger partial charge is 0.457 e. The Morgan fingerprint density at radius 1 is 0.951 bits per heavy atom. The third-order valence-corrected chi connectivity index (χ3v) is 8.16. The van der Waals surface area contributed by atoms with Gasteiger partial charge in [0.25, 0.3) is 0 Å². The van der Waals surface area contributed by atoms with Gasteiger partial charge < -0.3 is 15.2 Å². The van der Waals surface area contributed by atoms with Crippen molar-refractivity contribution in [3.63, 3.8) is 0 Å². The summed E-state index contributed by atoms with van der Waals surface area (Å²) in [7, 11) is -3.31. The van der Waals surface area contributed by atoms with E-state index in [1.165, 1.54) is 5.56 Å². The first-order chi connectivity index (χ1) is 19.5. The van der Waals surface area contributed by atoms with E-state index in [1.54, 1.807) is 24.3 Å². The first-order valence-corrected chi connectivity index (χ1v) is 16.4. The van der Waals surface area contributed by atoms with Crippen LogP contribution in [0.2, 0.25) is 0 Å². The van der Waals surface area contributed by atoms with Crippen LogP contribution in [0, 0.1) is 0 Å². The lowest BCUT2D eigenvalue weighted by atomic mass is 9.93. The van der Waals surface area contributed by atoms with E-state index < -0.39 is 10.0 Å². The Morgan fingerprint density at radius 2 is 1.54 bits per heavy atom. The van der Waals surface area contributed by atoms with Gasteiger partial charge in [-0.2, -0.15) is 0 Å². The Kier molecular flexibility index (Phi) is 10.8. The zero-order chi connectivity index (χ0) is 29.4. The summed E-state index contributed by atoms with van der Waals surface area (Å²) in [5.41, 5.74) is 2.81. The predicted molar refractivity (Wildman–Crippen MR) is 162 cm³/mol. The van der Waals surface area contributed by atoms with E-state index in [-0.39, 0.29) is 30.1 Å². The normalized spacial score (nSPS) is 21.1. The van der Waals surface area contributed by atoms with E-state index in [9.17, 15) is 18.3 Å². The number of carbonyl (C=O) groups is 1. The van der Waals surface area contributed by atoms with E-state index in [1.807, 2.05) is 32.1 Å². The topological polar surface area (TPSA) is 120 Å². The summed E-state index contributed by atoms with van der Waals surface area (Å²) < 4.78 is 31.1. The second-order valence-corrected chi connectivity index (χ2v) is 13.3. The highest BCUT2D eigenvalue weighted by Crippen LogP contribution is 2.25. The summed E-state index contributed by atoms with van der Waals surface area (Å²) in [6.07, 6.45) is 8.01. The second-order valence-electron chi connectivity index (χ2n) is 11.6. The molecule has 9 nitrogen and oxygen atoms in total. The molecule has 0 spiro atoms. The van der Waals surface area contributed by atoms with E-state index in [2.05, 4.69) is 32.4 Å². The third-order valence-electron chi connectivity index (χ3n) is 7.55. The van der Waals surface area contributed by atoms with Crippen LogP contribution >= 0.6 is 0 Å². The zero-order valence-electron chi connectivity index (χ0n) is 24.3. The van der Waals surface area contributed by atoms with E-state index in [0.29, 0.717) is 17.2 Å². The summed E-state index contributed by atoms with van der Waals surface area (Å²) in [5, 5.41) is 16.6. The maximum absolute atomic E-state index is 13.1. The number of aliphatic hydroxyl groups is 1. The zero-order valence-corrected chi connectivity index (χ0v) is 25.1. The molecule has 2 aliphatic rings. The molecule has 0 aromatic heterocycles. The molecule has 224 valence electrons. The van der Waals surface area contributed by atoms with Crippen molar-refractivity contribution in [2.24, 2.45) is 0 Å². The van der Waals surface area contributed by atoms with Crippen LogP contribution in [0.4, 0.5) is 5.69 Å². The van der Waals surface area contributed by atoms with Crippen molar-refractivity contribution in [1.82, 2.24) is 15.5 Å². The fraction of sp³-hybridized carbons (Fsp3) is 0.516. The molecule has 1 unspecified atom stereocenters. The van der Waals surface area contributed by atoms with E-state index in [4.69, 9.17) is 4.74 Å². The molecule has 2 aromatic carbocycles. The molecule has 1 heterocycles. The highest BCUT2D eigenvalue weighted by molar-refractivity contribution is 7.92. The van der Waals surface area contributed by atoms with Crippen molar-refractivity contribution < 1.29 is 23.1 Å². The van der Waals surface area contributed by atoms with E-state index in [0.717, 1.165) is 70.0 Å². The van der Waals surface area contributed by atoms with Gasteiger partial charge in [0, 0.05) is 24.3 Å². The van der Waals surface area contributed by atoms with Gasteiger partial charge in [-0.05, 0) is 107 Å². The number of amides is 1. The van der Waals surface area contributed by atoms with Crippen molar-refractivity contribution in [1.29, 1.82) is 0 Å². The van der Waals surface area contributed by atoms with Crippen LogP contribution in [-0.2, 0) is 21.4 Å². The molecule has 2 aromatic rings. The van der Waals surface area contributed by atoms with Crippen molar-refractivity contribution in [2.75, 3.05) is 24.1 Å². The minimum atomic E-state index is -3.31. The van der Waals surface area contributed by atoms with Crippen molar-refractivity contribution in [3.8, 4) is 11.5 Å². The predicted octanol–water partition coefficient (Wildman–Crippen LogP) is 4.16. The molecule has 4 N–H and O–H groups in total. The molecular weight excluding hydrogens is 540 g/mol. The van der Waals surface area contributed by atoms with Gasteiger partial charge in [0.1, 0.15) is 17.5 Å². The number of rotatable bonds is 11. The highest BCUT2D eigenvalue weighted by atomic mass is 32.2. The minimum Gasteiger partial charge on any atom is -0.457 e. The number of aliphatic hydroxyl groups excluding tert-OH is 1. The average Bonchev–Trinajstić information content (AvgIpc) is 2.92. The molecule has 1 aliphatic carbocycles. The fourth-order valence-corrected chi connectivity index (χ4v) is 5.98. The van der Waals surface area contributed by atoms with Crippen LogP contribution in [0.1, 0.15) is 57.9 Å². The number of carbonyl (C=O) groups excluding carboxylic acids is 1. The lowest BCUT2D eigenvalue weighted by molar-refractivity contribution is -0.123. The number of likely N-dealkylation sites (tertiary alicyclic amines) is 1. The smallest absolute Gasteiger partial charge is 0.241 e. The molecule has 41 heavy (non-hydrogen) atoms. The van der Waals surface area contributed by atoms with Gasteiger partial charge in [-0.3, -0.25) is 19.7 Å². The summed E-state index contributed by atoms with van der Waals surface area (Å²) >= 11 is 0. The minimum absolute atomic E-state index is 0.0267. The van der Waals surface area contributed by atoms with Crippen LogP contribution in [-0.4, -0.2) is 67.9 Å². The molecule has 1 saturated heterocycles. The van der Waals surface area contributed by atoms with Crippen LogP contribution in [0.25, 0.3) is 0 Å². The number of sulfonamides is 1. The number of benzene rings is 2. The number of nitrogens with one attached hydrogen (secondary N) is 3. The van der Waals surface area contributed by atoms with Crippen LogP contribution in [0.15, 0.2) is 60.2 Å². The molecule has 1 aliphatic heterocycles. The molecule has 0 bridgehead atoms. The van der Waals surface area contributed by atoms with Crippen molar-refractivity contribution in [2.45, 2.75) is 83.1 Å². The average molecular weight is 585 g/mol. The lowest BCUT2D eigenvalue weighted by Gasteiger charge is -2.34. The Balaban J connectivity index is 1.23. The monoisotopic (exact) mass is 584 g/mol. The van der Waals surface area contributed by atoms with Crippen LogP contribution in [0.5, 0.6) is 11.5 Å². The Hall–Kier alpha value is -2.92. The second kappa shape index (κ2) is 14.3. The third kappa shape index (κ3) is 10.5. The highest BCUT2D eigenvalue weighted by Gasteiger charge is 2.27. The summed E-state index contributed by atoms with van der Waals surface area (Å²) in [4.78, 5) is 15.5. The quantitative estimate of drug-likeness (QED) is 0.293. The number of hydrogen-bond acceptors (Lipinski definition) is 7. The molecule has 1 amide bonds. The number of hydrogen-bond donors (Lipinski definition) is 4. The van der Waals surface area contributed by atoms with Crippen LogP contribution in [0.3, 0.4) is 0 Å². The van der Waals surface area contributed by atoms with Gasteiger partial charge in [-0.1, -0.05) is 23.8 Å². The number of nitrogens with zero attached hydrogens (tertiary/aromatic N) is 1. The van der Waals surface area contributed by atoms with Gasteiger partial charge >= 0.3 is 0 Å². The van der Waals surface area contributed by atoms with Crippen molar-refractivity contribution >= 4 is 21.6 Å². The SMILES string of the molecule is CC(C)=CC(NC1CCN(Cc2ccc(Oc3ccc(NS(C)(=O)=O)cc3)cc2)CC1)C(=O)NC1CCC(O)CC1. The van der Waals surface area contributed by atoms with E-state index >= 15 is 0 Å². The maximum atomic E-state index is 13.1. The number of ether oxygens (including phenoxy) is 1. The van der Waals surface area contributed by atoms with Gasteiger partial charge in [0.2, 0.25) is 15.9 Å². The first kappa shape index (κ1) is 31.0. The summed E-state index contributed by atoms with van der Waals surface area (Å²) in [5.74, 6) is 1.37. The fourth-order valence-electron chi connectivity index (χ4n) is 5.42. The molecule has 2 fully saturated rings. The molecule has 10 heteroatoms. The lowest BCUT2D eigenvalue weighted by Crippen LogP contribution is -2.53. The summed E-state index contributed by atoms with van der Waals surface area (Å²) in [6, 6.07) is 14.9. The van der Waals surface area contributed by atoms with Gasteiger partial charge in [0.05, 0.1) is 12.4 Å². The van der Waals surface area contributed by atoms with Gasteiger partial charge in [0.15, 0.2) is 0 Å². The molecule has 4 rings (SSSR count). The molecular formula is C31H44N4O5S. The van der Waals surface area contributed by atoms with Gasteiger partial charge in [-0.25, -0.2) is 8.42 Å². The number of anilines is 1. The summed E-state index contributed by atoms with van der Waals surface area (Å²) in [6.45, 7) is 6.80.